The fourth-order valence-corrected chi connectivity index (χ4v) is 2.26. The molecule has 0 spiro atoms. The predicted octanol–water partition coefficient (Wildman–Crippen LogP) is 0.786. The molecule has 1 saturated heterocycles. The van der Waals surface area contributed by atoms with Crippen molar-refractivity contribution >= 4 is 0 Å². The average Bonchev–Trinajstić information content (AvgIpc) is 2.86. The van der Waals surface area contributed by atoms with Crippen molar-refractivity contribution < 1.29 is 9.26 Å². The number of aromatic nitrogens is 2. The van der Waals surface area contributed by atoms with E-state index in [0.717, 1.165) is 70.4 Å². The van der Waals surface area contributed by atoms with E-state index in [1.807, 2.05) is 0 Å². The van der Waals surface area contributed by atoms with Gasteiger partial charge in [-0.3, -0.25) is 9.80 Å². The second-order valence-corrected chi connectivity index (χ2v) is 4.96. The van der Waals surface area contributed by atoms with Gasteiger partial charge in [0.05, 0.1) is 13.2 Å². The molecule has 0 amide bonds. The van der Waals surface area contributed by atoms with Gasteiger partial charge in [0.2, 0.25) is 5.89 Å². The van der Waals surface area contributed by atoms with Crippen LogP contribution in [0.1, 0.15) is 25.1 Å². The van der Waals surface area contributed by atoms with Crippen molar-refractivity contribution in [2.45, 2.75) is 26.3 Å². The lowest BCUT2D eigenvalue weighted by Crippen LogP contribution is -2.46. The van der Waals surface area contributed by atoms with Gasteiger partial charge in [0.15, 0.2) is 5.82 Å². The van der Waals surface area contributed by atoms with Crippen LogP contribution in [0.15, 0.2) is 4.52 Å². The molecule has 2 heterocycles. The van der Waals surface area contributed by atoms with Crippen LogP contribution in [-0.4, -0.2) is 66.4 Å². The lowest BCUT2D eigenvalue weighted by molar-refractivity contribution is 0.0883. The topological polar surface area (TPSA) is 54.6 Å². The summed E-state index contributed by atoms with van der Waals surface area (Å²) >= 11 is 0. The molecule has 0 radical (unpaired) electrons. The molecule has 0 unspecified atom stereocenters. The molecule has 1 aliphatic rings. The van der Waals surface area contributed by atoms with Crippen molar-refractivity contribution in [3.63, 3.8) is 0 Å². The highest BCUT2D eigenvalue weighted by Crippen LogP contribution is 2.07. The first kappa shape index (κ1) is 14.4. The lowest BCUT2D eigenvalue weighted by Gasteiger charge is -2.33. The minimum atomic E-state index is 0.744. The molecule has 0 N–H and O–H groups in total. The molecule has 0 saturated carbocycles. The summed E-state index contributed by atoms with van der Waals surface area (Å²) in [5.41, 5.74) is 0. The molecule has 0 aromatic carbocycles. The summed E-state index contributed by atoms with van der Waals surface area (Å²) in [5, 5.41) is 3.99. The van der Waals surface area contributed by atoms with E-state index in [1.54, 1.807) is 7.11 Å². The Bertz CT molecular complexity index is 361. The maximum Gasteiger partial charge on any atom is 0.240 e. The van der Waals surface area contributed by atoms with Crippen LogP contribution in [0.25, 0.3) is 0 Å². The standard InChI is InChI=1S/C13H24N4O2/c1-3-4-12-14-13(19-15-12)11-17-7-5-16(6-8-17)9-10-18-2/h3-11H2,1-2H3. The quantitative estimate of drug-likeness (QED) is 0.728. The minimum absolute atomic E-state index is 0.744. The van der Waals surface area contributed by atoms with Crippen molar-refractivity contribution in [3.8, 4) is 0 Å². The van der Waals surface area contributed by atoms with E-state index < -0.39 is 0 Å². The van der Waals surface area contributed by atoms with E-state index in [0.29, 0.717) is 0 Å². The predicted molar refractivity (Wildman–Crippen MR) is 71.9 cm³/mol. The average molecular weight is 268 g/mol. The smallest absolute Gasteiger partial charge is 0.240 e. The molecule has 0 atom stereocenters. The van der Waals surface area contributed by atoms with Crippen LogP contribution in [0.4, 0.5) is 0 Å². The van der Waals surface area contributed by atoms with Crippen molar-refractivity contribution in [1.29, 1.82) is 0 Å². The molecule has 0 aliphatic carbocycles. The van der Waals surface area contributed by atoms with E-state index in [4.69, 9.17) is 9.26 Å². The summed E-state index contributed by atoms with van der Waals surface area (Å²) in [4.78, 5) is 9.20. The van der Waals surface area contributed by atoms with Crippen LogP contribution >= 0.6 is 0 Å². The van der Waals surface area contributed by atoms with Crippen LogP contribution in [0.2, 0.25) is 0 Å². The molecule has 2 rings (SSSR count). The van der Waals surface area contributed by atoms with Gasteiger partial charge in [-0.25, -0.2) is 0 Å². The van der Waals surface area contributed by atoms with Crippen LogP contribution in [0, 0.1) is 0 Å². The Labute approximate surface area is 114 Å². The SMILES string of the molecule is CCCc1noc(CN2CCN(CCOC)CC2)n1. The Hall–Kier alpha value is -0.980. The second kappa shape index (κ2) is 7.57. The van der Waals surface area contributed by atoms with Gasteiger partial charge in [-0.1, -0.05) is 12.1 Å². The van der Waals surface area contributed by atoms with Crippen molar-refractivity contribution in [3.05, 3.63) is 11.7 Å². The number of ether oxygens (including phenoxy) is 1. The van der Waals surface area contributed by atoms with E-state index in [2.05, 4.69) is 26.9 Å². The lowest BCUT2D eigenvalue weighted by atomic mass is 10.3. The monoisotopic (exact) mass is 268 g/mol. The highest BCUT2D eigenvalue weighted by Gasteiger charge is 2.18. The molecule has 6 heteroatoms. The van der Waals surface area contributed by atoms with Crippen molar-refractivity contribution in [2.75, 3.05) is 46.4 Å². The summed E-state index contributed by atoms with van der Waals surface area (Å²) in [7, 11) is 1.75. The third-order valence-electron chi connectivity index (χ3n) is 3.42. The maximum atomic E-state index is 5.28. The van der Waals surface area contributed by atoms with Gasteiger partial charge in [0.1, 0.15) is 0 Å². The third kappa shape index (κ3) is 4.56. The zero-order valence-electron chi connectivity index (χ0n) is 12.0. The number of aryl methyl sites for hydroxylation is 1. The van der Waals surface area contributed by atoms with E-state index in [9.17, 15) is 0 Å². The summed E-state index contributed by atoms with van der Waals surface area (Å²) in [6, 6.07) is 0. The second-order valence-electron chi connectivity index (χ2n) is 4.96. The summed E-state index contributed by atoms with van der Waals surface area (Å²) in [6.45, 7) is 8.99. The van der Waals surface area contributed by atoms with Gasteiger partial charge in [0.25, 0.3) is 0 Å². The first-order chi connectivity index (χ1) is 9.31. The minimum Gasteiger partial charge on any atom is -0.383 e. The number of piperazine rings is 1. The van der Waals surface area contributed by atoms with Gasteiger partial charge in [-0.15, -0.1) is 0 Å². The van der Waals surface area contributed by atoms with Gasteiger partial charge >= 0.3 is 0 Å². The Balaban J connectivity index is 1.72. The molecule has 19 heavy (non-hydrogen) atoms. The number of methoxy groups -OCH3 is 1. The normalized spacial score (nSPS) is 18.0. The maximum absolute atomic E-state index is 5.28. The van der Waals surface area contributed by atoms with Crippen molar-refractivity contribution in [2.24, 2.45) is 0 Å². The fourth-order valence-electron chi connectivity index (χ4n) is 2.26. The van der Waals surface area contributed by atoms with Crippen LogP contribution in [0.5, 0.6) is 0 Å². The molecule has 6 nitrogen and oxygen atoms in total. The number of hydrogen-bond acceptors (Lipinski definition) is 6. The third-order valence-corrected chi connectivity index (χ3v) is 3.42. The molecule has 1 aliphatic heterocycles. The molecular formula is C13H24N4O2. The van der Waals surface area contributed by atoms with Crippen LogP contribution in [-0.2, 0) is 17.7 Å². The number of hydrogen-bond donors (Lipinski definition) is 0. The summed E-state index contributed by atoms with van der Waals surface area (Å²) in [5.74, 6) is 1.57. The Morgan fingerprint density at radius 3 is 2.63 bits per heavy atom. The zero-order valence-corrected chi connectivity index (χ0v) is 12.0. The van der Waals surface area contributed by atoms with E-state index >= 15 is 0 Å². The van der Waals surface area contributed by atoms with Gasteiger partial charge < -0.3 is 9.26 Å². The van der Waals surface area contributed by atoms with Gasteiger partial charge in [-0.2, -0.15) is 4.98 Å². The Kier molecular flexibility index (Phi) is 5.75. The fraction of sp³-hybridized carbons (Fsp3) is 0.846. The molecule has 0 bridgehead atoms. The highest BCUT2D eigenvalue weighted by molar-refractivity contribution is 4.87. The molecule has 1 aromatic heterocycles. The first-order valence-corrected chi connectivity index (χ1v) is 7.07. The van der Waals surface area contributed by atoms with Crippen LogP contribution < -0.4 is 0 Å². The molecular weight excluding hydrogens is 244 g/mol. The molecule has 108 valence electrons. The molecule has 1 fully saturated rings. The van der Waals surface area contributed by atoms with Gasteiger partial charge in [-0.05, 0) is 6.42 Å². The largest absolute Gasteiger partial charge is 0.383 e. The Morgan fingerprint density at radius 1 is 1.21 bits per heavy atom. The zero-order chi connectivity index (χ0) is 13.5. The van der Waals surface area contributed by atoms with Gasteiger partial charge in [0, 0.05) is 46.3 Å². The number of rotatable bonds is 7. The van der Waals surface area contributed by atoms with E-state index in [1.165, 1.54) is 0 Å². The Morgan fingerprint density at radius 2 is 1.95 bits per heavy atom. The number of nitrogens with zero attached hydrogens (tertiary/aromatic N) is 4. The summed E-state index contributed by atoms with van der Waals surface area (Å²) < 4.78 is 10.4. The molecule has 1 aromatic rings. The highest BCUT2D eigenvalue weighted by atomic mass is 16.5. The van der Waals surface area contributed by atoms with Crippen molar-refractivity contribution in [1.82, 2.24) is 19.9 Å². The first-order valence-electron chi connectivity index (χ1n) is 7.07. The van der Waals surface area contributed by atoms with E-state index in [-0.39, 0.29) is 0 Å². The van der Waals surface area contributed by atoms with Crippen LogP contribution in [0.3, 0.4) is 0 Å². The summed E-state index contributed by atoms with van der Waals surface area (Å²) in [6.07, 6.45) is 1.95.